The van der Waals surface area contributed by atoms with Crippen LogP contribution in [0.15, 0.2) is 24.4 Å². The van der Waals surface area contributed by atoms with E-state index in [0.29, 0.717) is 12.0 Å². The van der Waals surface area contributed by atoms with E-state index in [0.717, 1.165) is 50.2 Å². The molecule has 1 saturated heterocycles. The minimum Gasteiger partial charge on any atom is -0.497 e. The summed E-state index contributed by atoms with van der Waals surface area (Å²) < 4.78 is 5.46. The quantitative estimate of drug-likeness (QED) is 0.942. The van der Waals surface area contributed by atoms with Gasteiger partial charge in [0.1, 0.15) is 5.75 Å². The van der Waals surface area contributed by atoms with Crippen molar-refractivity contribution in [2.24, 2.45) is 5.73 Å². The molecule has 128 valence electrons. The van der Waals surface area contributed by atoms with Gasteiger partial charge in [-0.25, -0.2) is 0 Å². The molecule has 1 aliphatic heterocycles. The molecule has 1 unspecified atom stereocenters. The number of methoxy groups -OCH3 is 1. The Bertz CT molecular complexity index is 717. The molecule has 2 aromatic rings. The predicted molar refractivity (Wildman–Crippen MR) is 97.6 cm³/mol. The smallest absolute Gasteiger partial charge is 0.119 e. The Morgan fingerprint density at radius 3 is 2.88 bits per heavy atom. The minimum absolute atomic E-state index is 0.397. The summed E-state index contributed by atoms with van der Waals surface area (Å²) in [7, 11) is 1.73. The van der Waals surface area contributed by atoms with Crippen molar-refractivity contribution in [2.45, 2.75) is 44.1 Å². The fourth-order valence-electron chi connectivity index (χ4n) is 4.35. The highest BCUT2D eigenvalue weighted by atomic mass is 16.5. The second-order valence-corrected chi connectivity index (χ2v) is 7.31. The highest BCUT2D eigenvalue weighted by Gasteiger charge is 2.26. The summed E-state index contributed by atoms with van der Waals surface area (Å²) in [5.41, 5.74) is 10.1. The first-order chi connectivity index (χ1) is 11.7. The van der Waals surface area contributed by atoms with E-state index < -0.39 is 0 Å². The van der Waals surface area contributed by atoms with Crippen LogP contribution < -0.4 is 10.5 Å². The number of hydrogen-bond donors (Lipinski definition) is 1. The molecule has 1 aromatic heterocycles. The standard InChI is InChI=1S/C20H27N3O/c1-24-17-5-6-19-18(11-17)20-14(12-22-19)3-2-4-15(20)13-23-9-7-16(21)8-10-23/h5-6,11-12,15-16H,2-4,7-10,13,21H2,1H3. The monoisotopic (exact) mass is 325 g/mol. The first kappa shape index (κ1) is 15.9. The average molecular weight is 325 g/mol. The molecule has 4 rings (SSSR count). The molecular formula is C20H27N3O. The SMILES string of the molecule is COc1ccc2ncc3c(c2c1)C(CN1CCC(N)CC1)CCC3. The highest BCUT2D eigenvalue weighted by molar-refractivity contribution is 5.85. The average Bonchev–Trinajstić information content (AvgIpc) is 2.63. The third-order valence-electron chi connectivity index (χ3n) is 5.72. The van der Waals surface area contributed by atoms with Crippen LogP contribution in [0.3, 0.4) is 0 Å². The molecule has 4 heteroatoms. The molecule has 24 heavy (non-hydrogen) atoms. The maximum atomic E-state index is 6.06. The van der Waals surface area contributed by atoms with Gasteiger partial charge in [0.15, 0.2) is 0 Å². The lowest BCUT2D eigenvalue weighted by Crippen LogP contribution is -2.41. The van der Waals surface area contributed by atoms with E-state index in [1.165, 1.54) is 29.4 Å². The molecule has 0 amide bonds. The molecule has 1 atom stereocenters. The lowest BCUT2D eigenvalue weighted by molar-refractivity contribution is 0.196. The fourth-order valence-corrected chi connectivity index (χ4v) is 4.35. The van der Waals surface area contributed by atoms with Crippen molar-refractivity contribution in [3.05, 3.63) is 35.5 Å². The molecular weight excluding hydrogens is 298 g/mol. The van der Waals surface area contributed by atoms with E-state index in [4.69, 9.17) is 10.5 Å². The van der Waals surface area contributed by atoms with Gasteiger partial charge in [-0.05, 0) is 80.4 Å². The summed E-state index contributed by atoms with van der Waals surface area (Å²) in [5, 5.41) is 1.28. The zero-order valence-corrected chi connectivity index (χ0v) is 14.5. The number of fused-ring (bicyclic) bond motifs is 3. The van der Waals surface area contributed by atoms with Crippen molar-refractivity contribution in [1.82, 2.24) is 9.88 Å². The second-order valence-electron chi connectivity index (χ2n) is 7.31. The Kier molecular flexibility index (Phi) is 4.42. The number of rotatable bonds is 3. The van der Waals surface area contributed by atoms with Gasteiger partial charge < -0.3 is 15.4 Å². The molecule has 2 heterocycles. The number of piperidine rings is 1. The van der Waals surface area contributed by atoms with Crippen LogP contribution in [0.5, 0.6) is 5.75 Å². The number of nitrogens with zero attached hydrogens (tertiary/aromatic N) is 2. The Morgan fingerprint density at radius 2 is 2.08 bits per heavy atom. The Morgan fingerprint density at radius 1 is 1.25 bits per heavy atom. The zero-order chi connectivity index (χ0) is 16.5. The predicted octanol–water partition coefficient (Wildman–Crippen LogP) is 3.09. The van der Waals surface area contributed by atoms with Gasteiger partial charge in [0.2, 0.25) is 0 Å². The minimum atomic E-state index is 0.397. The first-order valence-electron chi connectivity index (χ1n) is 9.18. The van der Waals surface area contributed by atoms with Crippen LogP contribution >= 0.6 is 0 Å². The number of nitrogens with two attached hydrogens (primary N) is 1. The summed E-state index contributed by atoms with van der Waals surface area (Å²) in [5.74, 6) is 1.52. The first-order valence-corrected chi connectivity index (χ1v) is 9.18. The maximum absolute atomic E-state index is 6.06. The van der Waals surface area contributed by atoms with Crippen molar-refractivity contribution in [3.63, 3.8) is 0 Å². The van der Waals surface area contributed by atoms with Crippen LogP contribution in [0.1, 0.15) is 42.7 Å². The van der Waals surface area contributed by atoms with Crippen LogP contribution in [-0.2, 0) is 6.42 Å². The summed E-state index contributed by atoms with van der Waals surface area (Å²) in [6.45, 7) is 3.43. The van der Waals surface area contributed by atoms with Crippen molar-refractivity contribution >= 4 is 10.9 Å². The van der Waals surface area contributed by atoms with Crippen molar-refractivity contribution < 1.29 is 4.74 Å². The molecule has 0 spiro atoms. The van der Waals surface area contributed by atoms with Gasteiger partial charge in [-0.1, -0.05) is 0 Å². The lowest BCUT2D eigenvalue weighted by atomic mass is 9.81. The summed E-state index contributed by atoms with van der Waals surface area (Å²) >= 11 is 0. The van der Waals surface area contributed by atoms with E-state index in [1.54, 1.807) is 7.11 Å². The van der Waals surface area contributed by atoms with Gasteiger partial charge in [-0.15, -0.1) is 0 Å². The number of aromatic nitrogens is 1. The van der Waals surface area contributed by atoms with Crippen LogP contribution in [0.4, 0.5) is 0 Å². The van der Waals surface area contributed by atoms with Gasteiger partial charge in [-0.2, -0.15) is 0 Å². The van der Waals surface area contributed by atoms with Crippen LogP contribution in [0.2, 0.25) is 0 Å². The topological polar surface area (TPSA) is 51.4 Å². The number of aryl methyl sites for hydroxylation is 1. The third kappa shape index (κ3) is 3.01. The van der Waals surface area contributed by atoms with Crippen LogP contribution in [0, 0.1) is 0 Å². The normalized spacial score (nSPS) is 22.5. The van der Waals surface area contributed by atoms with Crippen molar-refractivity contribution in [3.8, 4) is 5.75 Å². The van der Waals surface area contributed by atoms with Crippen LogP contribution in [0.25, 0.3) is 10.9 Å². The molecule has 0 saturated carbocycles. The zero-order valence-electron chi connectivity index (χ0n) is 14.5. The van der Waals surface area contributed by atoms with E-state index in [9.17, 15) is 0 Å². The van der Waals surface area contributed by atoms with Gasteiger partial charge in [0.25, 0.3) is 0 Å². The van der Waals surface area contributed by atoms with Gasteiger partial charge >= 0.3 is 0 Å². The fraction of sp³-hybridized carbons (Fsp3) is 0.550. The molecule has 1 fully saturated rings. The Balaban J connectivity index is 1.68. The highest BCUT2D eigenvalue weighted by Crippen LogP contribution is 2.38. The van der Waals surface area contributed by atoms with Crippen molar-refractivity contribution in [2.75, 3.05) is 26.7 Å². The number of hydrogen-bond acceptors (Lipinski definition) is 4. The maximum Gasteiger partial charge on any atom is 0.119 e. The molecule has 0 bridgehead atoms. The molecule has 4 nitrogen and oxygen atoms in total. The summed E-state index contributed by atoms with van der Waals surface area (Å²) in [6, 6.07) is 6.66. The largest absolute Gasteiger partial charge is 0.497 e. The number of pyridine rings is 1. The van der Waals surface area contributed by atoms with Crippen molar-refractivity contribution in [1.29, 1.82) is 0 Å². The molecule has 1 aromatic carbocycles. The van der Waals surface area contributed by atoms with E-state index in [1.807, 2.05) is 6.07 Å². The Hall–Kier alpha value is -1.65. The van der Waals surface area contributed by atoms with Gasteiger partial charge in [-0.3, -0.25) is 4.98 Å². The number of ether oxygens (including phenoxy) is 1. The van der Waals surface area contributed by atoms with Gasteiger partial charge in [0.05, 0.1) is 12.6 Å². The number of benzene rings is 1. The van der Waals surface area contributed by atoms with Gasteiger partial charge in [0, 0.05) is 24.2 Å². The molecule has 2 N–H and O–H groups in total. The summed E-state index contributed by atoms with van der Waals surface area (Å²) in [4.78, 5) is 7.28. The second kappa shape index (κ2) is 6.69. The molecule has 2 aliphatic rings. The number of likely N-dealkylation sites (tertiary alicyclic amines) is 1. The van der Waals surface area contributed by atoms with E-state index in [-0.39, 0.29) is 0 Å². The van der Waals surface area contributed by atoms with E-state index in [2.05, 4.69) is 28.2 Å². The third-order valence-corrected chi connectivity index (χ3v) is 5.72. The molecule has 1 aliphatic carbocycles. The molecule has 0 radical (unpaired) electrons. The van der Waals surface area contributed by atoms with Crippen LogP contribution in [-0.4, -0.2) is 42.7 Å². The summed E-state index contributed by atoms with van der Waals surface area (Å²) in [6.07, 6.45) is 8.04. The Labute approximate surface area is 144 Å². The lowest BCUT2D eigenvalue weighted by Gasteiger charge is -2.35. The van der Waals surface area contributed by atoms with E-state index >= 15 is 0 Å².